The van der Waals surface area contributed by atoms with Crippen LogP contribution < -0.4 is 5.32 Å². The van der Waals surface area contributed by atoms with Crippen molar-refractivity contribution in [2.45, 2.75) is 30.8 Å². The SMILES string of the molecule is O=C1CC(C(=O)OC2CN3CCC2CC3)(c2ccccc2)CN1. The maximum atomic E-state index is 13.0. The fourth-order valence-corrected chi connectivity index (χ4v) is 4.17. The number of nitrogens with zero attached hydrogens (tertiary/aromatic N) is 1. The zero-order valence-corrected chi connectivity index (χ0v) is 13.2. The average molecular weight is 314 g/mol. The Balaban J connectivity index is 1.57. The predicted molar refractivity (Wildman–Crippen MR) is 84.8 cm³/mol. The molecule has 5 rings (SSSR count). The summed E-state index contributed by atoms with van der Waals surface area (Å²) in [5.41, 5.74) is -0.00527. The Hall–Kier alpha value is -1.88. The molecule has 4 aliphatic rings. The summed E-state index contributed by atoms with van der Waals surface area (Å²) < 4.78 is 5.94. The van der Waals surface area contributed by atoms with Gasteiger partial charge in [-0.1, -0.05) is 30.3 Å². The van der Waals surface area contributed by atoms with E-state index in [1.807, 2.05) is 30.3 Å². The summed E-state index contributed by atoms with van der Waals surface area (Å²) in [5, 5.41) is 2.81. The lowest BCUT2D eigenvalue weighted by molar-refractivity contribution is -0.165. The summed E-state index contributed by atoms with van der Waals surface area (Å²) in [6, 6.07) is 9.55. The quantitative estimate of drug-likeness (QED) is 0.848. The van der Waals surface area contributed by atoms with Crippen molar-refractivity contribution < 1.29 is 14.3 Å². The third-order valence-electron chi connectivity index (χ3n) is 5.62. The van der Waals surface area contributed by atoms with E-state index in [1.165, 1.54) is 0 Å². The van der Waals surface area contributed by atoms with Gasteiger partial charge < -0.3 is 10.1 Å². The van der Waals surface area contributed by atoms with Crippen molar-refractivity contribution in [3.8, 4) is 0 Å². The van der Waals surface area contributed by atoms with Crippen molar-refractivity contribution in [2.24, 2.45) is 5.92 Å². The summed E-state index contributed by atoms with van der Waals surface area (Å²) in [4.78, 5) is 27.2. The summed E-state index contributed by atoms with van der Waals surface area (Å²) in [5.74, 6) is 0.141. The molecule has 0 aromatic heterocycles. The molecule has 122 valence electrons. The highest BCUT2D eigenvalue weighted by atomic mass is 16.5. The van der Waals surface area contributed by atoms with E-state index in [-0.39, 0.29) is 24.4 Å². The summed E-state index contributed by atoms with van der Waals surface area (Å²) in [6.45, 7) is 3.39. The number of benzene rings is 1. The molecule has 0 saturated carbocycles. The van der Waals surface area contributed by atoms with Crippen LogP contribution in [0.4, 0.5) is 0 Å². The van der Waals surface area contributed by atoms with Gasteiger partial charge in [-0.25, -0.2) is 0 Å². The van der Waals surface area contributed by atoms with Crippen LogP contribution in [0.1, 0.15) is 24.8 Å². The van der Waals surface area contributed by atoms with E-state index in [0.29, 0.717) is 12.5 Å². The monoisotopic (exact) mass is 314 g/mol. The largest absolute Gasteiger partial charge is 0.460 e. The summed E-state index contributed by atoms with van der Waals surface area (Å²) >= 11 is 0. The molecule has 1 aromatic rings. The third-order valence-corrected chi connectivity index (χ3v) is 5.62. The molecule has 23 heavy (non-hydrogen) atoms. The number of ether oxygens (including phenoxy) is 1. The molecule has 0 radical (unpaired) electrons. The number of carbonyl (C=O) groups excluding carboxylic acids is 2. The Labute approximate surface area is 136 Å². The first-order chi connectivity index (χ1) is 11.2. The van der Waals surface area contributed by atoms with Crippen molar-refractivity contribution in [2.75, 3.05) is 26.2 Å². The fraction of sp³-hybridized carbons (Fsp3) is 0.556. The second-order valence-electron chi connectivity index (χ2n) is 6.98. The van der Waals surface area contributed by atoms with E-state index in [4.69, 9.17) is 4.74 Å². The maximum absolute atomic E-state index is 13.0. The lowest BCUT2D eigenvalue weighted by Gasteiger charge is -2.44. The highest BCUT2D eigenvalue weighted by Crippen LogP contribution is 2.36. The molecule has 5 nitrogen and oxygen atoms in total. The van der Waals surface area contributed by atoms with Crippen LogP contribution in [0.3, 0.4) is 0 Å². The van der Waals surface area contributed by atoms with Gasteiger partial charge >= 0.3 is 5.97 Å². The number of piperidine rings is 3. The number of fused-ring (bicyclic) bond motifs is 3. The van der Waals surface area contributed by atoms with Crippen molar-refractivity contribution in [1.29, 1.82) is 0 Å². The molecule has 4 aliphatic heterocycles. The molecule has 1 amide bonds. The van der Waals surface area contributed by atoms with Gasteiger partial charge in [-0.15, -0.1) is 0 Å². The minimum Gasteiger partial charge on any atom is -0.460 e. The van der Waals surface area contributed by atoms with Gasteiger partial charge in [0.1, 0.15) is 11.5 Å². The van der Waals surface area contributed by atoms with Gasteiger partial charge in [0.25, 0.3) is 0 Å². The smallest absolute Gasteiger partial charge is 0.319 e. The molecule has 4 saturated heterocycles. The van der Waals surface area contributed by atoms with Gasteiger partial charge in [0.15, 0.2) is 0 Å². The number of esters is 1. The van der Waals surface area contributed by atoms with Crippen molar-refractivity contribution in [1.82, 2.24) is 10.2 Å². The standard InChI is InChI=1S/C18H22N2O3/c21-16-10-18(12-19-16,14-4-2-1-3-5-14)17(22)23-15-11-20-8-6-13(15)7-9-20/h1-5,13,15H,6-12H2,(H,19,21). The Morgan fingerprint density at radius 2 is 1.96 bits per heavy atom. The van der Waals surface area contributed by atoms with Gasteiger partial charge in [-0.05, 0) is 37.4 Å². The molecule has 0 aliphatic carbocycles. The van der Waals surface area contributed by atoms with Crippen LogP contribution in [-0.4, -0.2) is 49.1 Å². The predicted octanol–water partition coefficient (Wildman–Crippen LogP) is 1.08. The Kier molecular flexibility index (Phi) is 3.60. The molecular weight excluding hydrogens is 292 g/mol. The summed E-state index contributed by atoms with van der Waals surface area (Å²) in [6.07, 6.45) is 2.36. The van der Waals surface area contributed by atoms with Gasteiger partial charge in [0.05, 0.1) is 0 Å². The fourth-order valence-electron chi connectivity index (χ4n) is 4.17. The zero-order valence-electron chi connectivity index (χ0n) is 13.2. The lowest BCUT2D eigenvalue weighted by Crippen LogP contribution is -2.53. The molecular formula is C18H22N2O3. The first-order valence-corrected chi connectivity index (χ1v) is 8.43. The third kappa shape index (κ3) is 2.53. The molecule has 1 aromatic carbocycles. The van der Waals surface area contributed by atoms with Crippen LogP contribution in [0.2, 0.25) is 0 Å². The van der Waals surface area contributed by atoms with Gasteiger partial charge in [0, 0.05) is 19.5 Å². The number of amides is 1. The molecule has 2 unspecified atom stereocenters. The second kappa shape index (κ2) is 5.64. The second-order valence-corrected chi connectivity index (χ2v) is 6.98. The summed E-state index contributed by atoms with van der Waals surface area (Å²) in [7, 11) is 0. The normalized spacial score (nSPS) is 35.8. The molecule has 4 fully saturated rings. The number of hydrogen-bond donors (Lipinski definition) is 1. The van der Waals surface area contributed by atoms with Gasteiger partial charge in [-0.3, -0.25) is 14.5 Å². The lowest BCUT2D eigenvalue weighted by atomic mass is 9.79. The Morgan fingerprint density at radius 3 is 2.52 bits per heavy atom. The highest BCUT2D eigenvalue weighted by Gasteiger charge is 2.49. The number of carbonyl (C=O) groups is 2. The molecule has 2 atom stereocenters. The molecule has 1 N–H and O–H groups in total. The van der Waals surface area contributed by atoms with E-state index in [1.54, 1.807) is 0 Å². The van der Waals surface area contributed by atoms with E-state index in [2.05, 4.69) is 10.2 Å². The number of rotatable bonds is 3. The Bertz CT molecular complexity index is 610. The van der Waals surface area contributed by atoms with E-state index in [0.717, 1.165) is 38.0 Å². The minimum absolute atomic E-state index is 0.0266. The zero-order chi connectivity index (χ0) is 15.9. The number of nitrogens with one attached hydrogen (secondary N) is 1. The molecule has 5 heteroatoms. The topological polar surface area (TPSA) is 58.6 Å². The van der Waals surface area contributed by atoms with Crippen molar-refractivity contribution >= 4 is 11.9 Å². The Morgan fingerprint density at radius 1 is 1.22 bits per heavy atom. The van der Waals surface area contributed by atoms with Gasteiger partial charge in [-0.2, -0.15) is 0 Å². The van der Waals surface area contributed by atoms with Crippen molar-refractivity contribution in [3.63, 3.8) is 0 Å². The number of hydrogen-bond acceptors (Lipinski definition) is 4. The van der Waals surface area contributed by atoms with Crippen LogP contribution in [-0.2, 0) is 19.7 Å². The van der Waals surface area contributed by atoms with Crippen LogP contribution in [0, 0.1) is 5.92 Å². The van der Waals surface area contributed by atoms with Crippen LogP contribution >= 0.6 is 0 Å². The van der Waals surface area contributed by atoms with E-state index in [9.17, 15) is 9.59 Å². The average Bonchev–Trinajstić information content (AvgIpc) is 3.00. The van der Waals surface area contributed by atoms with Gasteiger partial charge in [0.2, 0.25) is 5.91 Å². The molecule has 2 bridgehead atoms. The van der Waals surface area contributed by atoms with Crippen LogP contribution in [0.5, 0.6) is 0 Å². The first kappa shape index (κ1) is 14.7. The van der Waals surface area contributed by atoms with E-state index >= 15 is 0 Å². The highest BCUT2D eigenvalue weighted by molar-refractivity contribution is 5.94. The van der Waals surface area contributed by atoms with Crippen molar-refractivity contribution in [3.05, 3.63) is 35.9 Å². The van der Waals surface area contributed by atoms with Crippen LogP contribution in [0.25, 0.3) is 0 Å². The molecule has 4 heterocycles. The first-order valence-electron chi connectivity index (χ1n) is 8.43. The minimum atomic E-state index is -0.871. The molecule has 0 spiro atoms. The maximum Gasteiger partial charge on any atom is 0.319 e. The van der Waals surface area contributed by atoms with E-state index < -0.39 is 5.41 Å². The van der Waals surface area contributed by atoms with Crippen LogP contribution in [0.15, 0.2) is 30.3 Å².